The van der Waals surface area contributed by atoms with E-state index in [2.05, 4.69) is 4.99 Å². The molecule has 0 N–H and O–H groups in total. The van der Waals surface area contributed by atoms with E-state index in [0.717, 1.165) is 11.1 Å². The van der Waals surface area contributed by atoms with Crippen LogP contribution >= 0.6 is 11.3 Å². The Bertz CT molecular complexity index is 1910. The maximum atomic E-state index is 14.0. The maximum absolute atomic E-state index is 14.0. The quantitative estimate of drug-likeness (QED) is 0.139. The minimum Gasteiger partial charge on any atom is -0.494 e. The largest absolute Gasteiger partial charge is 0.494 e. The fourth-order valence-electron chi connectivity index (χ4n) is 4.84. The maximum Gasteiger partial charge on any atom is 0.338 e. The molecule has 0 bridgehead atoms. The van der Waals surface area contributed by atoms with Crippen LogP contribution < -0.4 is 24.4 Å². The number of hydrogen-bond donors (Lipinski definition) is 0. The van der Waals surface area contributed by atoms with Crippen LogP contribution in [-0.2, 0) is 16.1 Å². The molecular formula is C33H31N3O7S. The van der Waals surface area contributed by atoms with Gasteiger partial charge in [-0.15, -0.1) is 0 Å². The highest BCUT2D eigenvalue weighted by Crippen LogP contribution is 2.32. The van der Waals surface area contributed by atoms with Crippen LogP contribution in [0.3, 0.4) is 0 Å². The molecule has 0 amide bonds. The number of nitrogens with zero attached hydrogens (tertiary/aromatic N) is 3. The van der Waals surface area contributed by atoms with E-state index in [1.807, 2.05) is 49.4 Å². The lowest BCUT2D eigenvalue weighted by Gasteiger charge is -2.25. The Kier molecular flexibility index (Phi) is 9.05. The molecule has 5 rings (SSSR count). The lowest BCUT2D eigenvalue weighted by Crippen LogP contribution is -2.40. The molecule has 0 spiro atoms. The summed E-state index contributed by atoms with van der Waals surface area (Å²) in [5.41, 5.74) is 2.63. The van der Waals surface area contributed by atoms with Gasteiger partial charge in [0.1, 0.15) is 18.1 Å². The van der Waals surface area contributed by atoms with Crippen LogP contribution in [0.2, 0.25) is 0 Å². The van der Waals surface area contributed by atoms with Crippen molar-refractivity contribution in [3.8, 4) is 11.5 Å². The summed E-state index contributed by atoms with van der Waals surface area (Å²) in [6, 6.07) is 20.0. The van der Waals surface area contributed by atoms with Crippen molar-refractivity contribution in [1.82, 2.24) is 4.57 Å². The molecule has 44 heavy (non-hydrogen) atoms. The summed E-state index contributed by atoms with van der Waals surface area (Å²) in [5, 5.41) is 11.0. The standard InChI is InChI=1S/C33H31N3O7S/c1-5-41-26-16-12-23(13-17-26)30-29(32(38)43-20(2)3)21(4)34-33-35(30)31(37)28(44-33)18-24-8-6-7-9-27(24)42-19-22-10-14-25(15-11-22)36(39)40/h6-18,20,30H,5,19H2,1-4H3/b28-18+/t30-/m0/s1. The summed E-state index contributed by atoms with van der Waals surface area (Å²) >= 11 is 1.22. The van der Waals surface area contributed by atoms with Crippen molar-refractivity contribution in [2.45, 2.75) is 46.4 Å². The summed E-state index contributed by atoms with van der Waals surface area (Å²) in [7, 11) is 0. The van der Waals surface area contributed by atoms with Gasteiger partial charge in [0.05, 0.1) is 39.5 Å². The van der Waals surface area contributed by atoms with Crippen LogP contribution in [0.1, 0.15) is 50.4 Å². The third kappa shape index (κ3) is 6.47. The van der Waals surface area contributed by atoms with Crippen LogP contribution in [0.5, 0.6) is 11.5 Å². The number of esters is 1. The molecule has 4 aromatic rings. The van der Waals surface area contributed by atoms with Crippen molar-refractivity contribution in [3.05, 3.63) is 131 Å². The highest BCUT2D eigenvalue weighted by Gasteiger charge is 2.33. The first-order chi connectivity index (χ1) is 21.2. The highest BCUT2D eigenvalue weighted by atomic mass is 32.1. The highest BCUT2D eigenvalue weighted by molar-refractivity contribution is 7.07. The summed E-state index contributed by atoms with van der Waals surface area (Å²) in [6.07, 6.45) is 1.39. The Morgan fingerprint density at radius 2 is 1.77 bits per heavy atom. The first kappa shape index (κ1) is 30.4. The van der Waals surface area contributed by atoms with Crippen molar-refractivity contribution in [2.75, 3.05) is 6.61 Å². The fraction of sp³-hybridized carbons (Fsp3) is 0.242. The zero-order chi connectivity index (χ0) is 31.4. The predicted molar refractivity (Wildman–Crippen MR) is 166 cm³/mol. The fourth-order valence-corrected chi connectivity index (χ4v) is 5.87. The zero-order valence-corrected chi connectivity index (χ0v) is 25.5. The third-order valence-corrected chi connectivity index (χ3v) is 7.82. The minimum absolute atomic E-state index is 0.00364. The number of benzene rings is 3. The molecule has 0 fully saturated rings. The Balaban J connectivity index is 1.55. The summed E-state index contributed by atoms with van der Waals surface area (Å²) in [6.45, 7) is 7.89. The van der Waals surface area contributed by atoms with E-state index in [-0.39, 0.29) is 24.0 Å². The number of ether oxygens (including phenoxy) is 3. The molecular weight excluding hydrogens is 582 g/mol. The molecule has 10 nitrogen and oxygen atoms in total. The lowest BCUT2D eigenvalue weighted by atomic mass is 9.96. The number of nitro benzene ring substituents is 1. The van der Waals surface area contributed by atoms with Gasteiger partial charge in [0.25, 0.3) is 11.2 Å². The molecule has 11 heteroatoms. The van der Waals surface area contributed by atoms with E-state index < -0.39 is 16.9 Å². The average Bonchev–Trinajstić information content (AvgIpc) is 3.30. The average molecular weight is 614 g/mol. The second-order valence-corrected chi connectivity index (χ2v) is 11.3. The first-order valence-corrected chi connectivity index (χ1v) is 14.9. The Hall–Kier alpha value is -5.03. The lowest BCUT2D eigenvalue weighted by molar-refractivity contribution is -0.384. The van der Waals surface area contributed by atoms with Gasteiger partial charge in [0, 0.05) is 17.7 Å². The van der Waals surface area contributed by atoms with Crippen molar-refractivity contribution < 1.29 is 23.9 Å². The summed E-state index contributed by atoms with van der Waals surface area (Å²) in [5.74, 6) is 0.692. The number of non-ortho nitro benzene ring substituents is 1. The number of hydrogen-bond acceptors (Lipinski definition) is 9. The van der Waals surface area contributed by atoms with Gasteiger partial charge >= 0.3 is 5.97 Å². The van der Waals surface area contributed by atoms with Crippen molar-refractivity contribution in [1.29, 1.82) is 0 Å². The van der Waals surface area contributed by atoms with Crippen molar-refractivity contribution in [2.24, 2.45) is 4.99 Å². The topological polar surface area (TPSA) is 122 Å². The first-order valence-electron chi connectivity index (χ1n) is 14.1. The van der Waals surface area contributed by atoms with Gasteiger partial charge < -0.3 is 14.2 Å². The van der Waals surface area contributed by atoms with Gasteiger partial charge in [0.2, 0.25) is 0 Å². The van der Waals surface area contributed by atoms with Gasteiger partial charge in [-0.05, 0) is 75.2 Å². The van der Waals surface area contributed by atoms with E-state index >= 15 is 0 Å². The Morgan fingerprint density at radius 3 is 2.43 bits per heavy atom. The molecule has 2 heterocycles. The van der Waals surface area contributed by atoms with Crippen LogP contribution in [0.15, 0.2) is 93.9 Å². The van der Waals surface area contributed by atoms with E-state index in [0.29, 0.717) is 44.3 Å². The molecule has 1 aliphatic heterocycles. The van der Waals surface area contributed by atoms with Gasteiger partial charge in [-0.3, -0.25) is 19.5 Å². The number of aromatic nitrogens is 1. The number of carbonyl (C=O) groups is 1. The third-order valence-electron chi connectivity index (χ3n) is 6.84. The Labute approximate surface area is 257 Å². The molecule has 1 atom stereocenters. The van der Waals surface area contributed by atoms with Crippen molar-refractivity contribution in [3.63, 3.8) is 0 Å². The van der Waals surface area contributed by atoms with E-state index in [1.54, 1.807) is 45.0 Å². The minimum atomic E-state index is -0.746. The molecule has 226 valence electrons. The van der Waals surface area contributed by atoms with Gasteiger partial charge in [-0.1, -0.05) is 41.7 Å². The number of nitro groups is 1. The number of para-hydroxylation sites is 1. The van der Waals surface area contributed by atoms with Crippen LogP contribution in [0.4, 0.5) is 5.69 Å². The van der Waals surface area contributed by atoms with Crippen LogP contribution in [-0.4, -0.2) is 28.2 Å². The number of fused-ring (bicyclic) bond motifs is 1. The smallest absolute Gasteiger partial charge is 0.338 e. The molecule has 0 radical (unpaired) electrons. The van der Waals surface area contributed by atoms with E-state index in [4.69, 9.17) is 14.2 Å². The van der Waals surface area contributed by atoms with Gasteiger partial charge in [-0.2, -0.15) is 0 Å². The monoisotopic (exact) mass is 613 g/mol. The molecule has 1 aromatic heterocycles. The number of rotatable bonds is 10. The van der Waals surface area contributed by atoms with Gasteiger partial charge in [-0.25, -0.2) is 9.79 Å². The molecule has 0 unspecified atom stereocenters. The second kappa shape index (κ2) is 13.1. The van der Waals surface area contributed by atoms with Crippen molar-refractivity contribution >= 4 is 29.1 Å². The molecule has 0 saturated carbocycles. The zero-order valence-electron chi connectivity index (χ0n) is 24.7. The molecule has 0 aliphatic carbocycles. The van der Waals surface area contributed by atoms with E-state index in [9.17, 15) is 19.7 Å². The SMILES string of the molecule is CCOc1ccc([C@H]2C(C(=O)OC(C)C)=C(C)N=c3s/c(=C/c4ccccc4OCc4ccc([N+](=O)[O-])cc4)c(=O)n32)cc1. The number of carbonyl (C=O) groups excluding carboxylic acids is 1. The van der Waals surface area contributed by atoms with Crippen LogP contribution in [0, 0.1) is 10.1 Å². The molecule has 1 aliphatic rings. The molecule has 3 aromatic carbocycles. The predicted octanol–water partition coefficient (Wildman–Crippen LogP) is 5.07. The summed E-state index contributed by atoms with van der Waals surface area (Å²) in [4.78, 5) is 43.0. The second-order valence-electron chi connectivity index (χ2n) is 10.3. The van der Waals surface area contributed by atoms with Gasteiger partial charge in [0.15, 0.2) is 4.80 Å². The van der Waals surface area contributed by atoms with E-state index in [1.165, 1.54) is 28.0 Å². The molecule has 0 saturated heterocycles. The van der Waals surface area contributed by atoms with Crippen LogP contribution in [0.25, 0.3) is 6.08 Å². The summed E-state index contributed by atoms with van der Waals surface area (Å²) < 4.78 is 19.2. The normalized spacial score (nSPS) is 14.7. The number of thiazole rings is 1. The Morgan fingerprint density at radius 1 is 1.07 bits per heavy atom. The number of allylic oxidation sites excluding steroid dienone is 1.